The molecule has 1 heterocycles. The van der Waals surface area contributed by atoms with E-state index < -0.39 is 11.9 Å². The molecule has 1 aliphatic heterocycles. The molecule has 6 heteroatoms. The summed E-state index contributed by atoms with van der Waals surface area (Å²) in [5, 5.41) is 17.1. The third-order valence-corrected chi connectivity index (χ3v) is 1.31. The van der Waals surface area contributed by atoms with Gasteiger partial charge in [-0.05, 0) is 0 Å². The Morgan fingerprint density at radius 2 is 2.00 bits per heavy atom. The van der Waals surface area contributed by atoms with Gasteiger partial charge in [0.1, 0.15) is 5.71 Å². The molecule has 0 unspecified atom stereocenters. The van der Waals surface area contributed by atoms with E-state index in [1.807, 2.05) is 0 Å². The zero-order valence-electron chi connectivity index (χ0n) is 6.47. The molecule has 6 nitrogen and oxygen atoms in total. The van der Waals surface area contributed by atoms with Gasteiger partial charge in [0.25, 0.3) is 0 Å². The van der Waals surface area contributed by atoms with Gasteiger partial charge in [-0.25, -0.2) is 14.6 Å². The minimum atomic E-state index is -1.29. The summed E-state index contributed by atoms with van der Waals surface area (Å²) >= 11 is 0. The quantitative estimate of drug-likeness (QED) is 0.623. The van der Waals surface area contributed by atoms with Crippen LogP contribution in [0, 0.1) is 0 Å². The lowest BCUT2D eigenvalue weighted by atomic mass is 10.3. The van der Waals surface area contributed by atoms with Gasteiger partial charge < -0.3 is 10.2 Å². The van der Waals surface area contributed by atoms with E-state index in [0.717, 1.165) is 6.20 Å². The van der Waals surface area contributed by atoms with Crippen LogP contribution in [0.25, 0.3) is 0 Å². The number of carboxylic acids is 2. The van der Waals surface area contributed by atoms with Gasteiger partial charge in [-0.3, -0.25) is 4.99 Å². The molecule has 0 aromatic heterocycles. The molecule has 0 fully saturated rings. The van der Waals surface area contributed by atoms with Crippen molar-refractivity contribution in [3.63, 3.8) is 0 Å². The number of carboxylic acid groups (broad SMARTS) is 2. The average molecular weight is 182 g/mol. The number of carbonyl (C=O) groups is 2. The molecule has 0 amide bonds. The molecule has 0 aliphatic carbocycles. The van der Waals surface area contributed by atoms with Crippen LogP contribution in [0.4, 0.5) is 0 Å². The van der Waals surface area contributed by atoms with E-state index in [1.165, 1.54) is 6.21 Å². The van der Waals surface area contributed by atoms with Gasteiger partial charge in [0, 0.05) is 12.6 Å². The lowest BCUT2D eigenvalue weighted by molar-refractivity contribution is -0.132. The lowest BCUT2D eigenvalue weighted by Crippen LogP contribution is -2.14. The summed E-state index contributed by atoms with van der Waals surface area (Å²) < 4.78 is 0. The van der Waals surface area contributed by atoms with Gasteiger partial charge >= 0.3 is 11.9 Å². The highest BCUT2D eigenvalue weighted by atomic mass is 16.4. The maximum Gasteiger partial charge on any atom is 0.356 e. The third kappa shape index (κ3) is 2.22. The second-order valence-corrected chi connectivity index (χ2v) is 2.22. The molecule has 68 valence electrons. The molecule has 0 aromatic carbocycles. The van der Waals surface area contributed by atoms with Crippen LogP contribution < -0.4 is 0 Å². The molecule has 0 radical (unpaired) electrons. The number of aliphatic carboxylic acids is 2. The Hall–Kier alpha value is -1.98. The first-order valence-corrected chi connectivity index (χ1v) is 3.37. The largest absolute Gasteiger partial charge is 0.477 e. The van der Waals surface area contributed by atoms with Crippen molar-refractivity contribution in [1.29, 1.82) is 0 Å². The average Bonchev–Trinajstić information content (AvgIpc) is 2.28. The molecule has 0 bridgehead atoms. The summed E-state index contributed by atoms with van der Waals surface area (Å²) in [7, 11) is 0. The first-order chi connectivity index (χ1) is 6.11. The fourth-order valence-corrected chi connectivity index (χ4v) is 0.721. The Bertz CT molecular complexity index is 340. The van der Waals surface area contributed by atoms with Gasteiger partial charge in [-0.15, -0.1) is 0 Å². The van der Waals surface area contributed by atoms with Crippen LogP contribution in [-0.4, -0.2) is 34.1 Å². The van der Waals surface area contributed by atoms with E-state index >= 15 is 0 Å². The van der Waals surface area contributed by atoms with Gasteiger partial charge in [0.15, 0.2) is 5.70 Å². The summed E-state index contributed by atoms with van der Waals surface area (Å²) in [6.07, 6.45) is 2.34. The van der Waals surface area contributed by atoms with Crippen LogP contribution in [0.2, 0.25) is 0 Å². The van der Waals surface area contributed by atoms with Crippen LogP contribution in [0.1, 0.15) is 6.42 Å². The van der Waals surface area contributed by atoms with Crippen molar-refractivity contribution < 1.29 is 19.8 Å². The molecule has 1 rings (SSSR count). The zero-order valence-corrected chi connectivity index (χ0v) is 6.47. The summed E-state index contributed by atoms with van der Waals surface area (Å²) in [4.78, 5) is 27.9. The smallest absolute Gasteiger partial charge is 0.356 e. The highest BCUT2D eigenvalue weighted by Gasteiger charge is 2.14. The Morgan fingerprint density at radius 3 is 2.54 bits per heavy atom. The summed E-state index contributed by atoms with van der Waals surface area (Å²) in [5.41, 5.74) is -0.596. The Morgan fingerprint density at radius 1 is 1.31 bits per heavy atom. The van der Waals surface area contributed by atoms with Gasteiger partial charge in [0.2, 0.25) is 0 Å². The molecule has 0 saturated carbocycles. The fourth-order valence-electron chi connectivity index (χ4n) is 0.721. The minimum absolute atomic E-state index is 0.0304. The van der Waals surface area contributed by atoms with Crippen molar-refractivity contribution in [3.8, 4) is 0 Å². The number of rotatable bonds is 2. The minimum Gasteiger partial charge on any atom is -0.477 e. The van der Waals surface area contributed by atoms with Crippen LogP contribution >= 0.6 is 0 Å². The van der Waals surface area contributed by atoms with Crippen LogP contribution in [0.3, 0.4) is 0 Å². The number of hydrogen-bond acceptors (Lipinski definition) is 4. The van der Waals surface area contributed by atoms with Crippen LogP contribution in [-0.2, 0) is 9.59 Å². The molecule has 13 heavy (non-hydrogen) atoms. The Balaban J connectivity index is 3.03. The molecule has 0 spiro atoms. The van der Waals surface area contributed by atoms with Crippen molar-refractivity contribution in [2.45, 2.75) is 6.42 Å². The van der Waals surface area contributed by atoms with E-state index in [9.17, 15) is 9.59 Å². The normalized spacial score (nSPS) is 15.7. The van der Waals surface area contributed by atoms with Crippen LogP contribution in [0.5, 0.6) is 0 Å². The van der Waals surface area contributed by atoms with E-state index in [0.29, 0.717) is 0 Å². The third-order valence-electron chi connectivity index (χ3n) is 1.31. The topological polar surface area (TPSA) is 99.3 Å². The van der Waals surface area contributed by atoms with Crippen molar-refractivity contribution in [2.24, 2.45) is 9.98 Å². The predicted molar refractivity (Wildman–Crippen MR) is 43.9 cm³/mol. The Kier molecular flexibility index (Phi) is 2.53. The molecule has 0 saturated heterocycles. The van der Waals surface area contributed by atoms with Crippen molar-refractivity contribution in [1.82, 2.24) is 0 Å². The van der Waals surface area contributed by atoms with E-state index in [1.54, 1.807) is 0 Å². The summed E-state index contributed by atoms with van der Waals surface area (Å²) in [6.45, 7) is 0. The number of aliphatic imine (C=N–C) groups is 2. The molecular weight excluding hydrogens is 176 g/mol. The monoisotopic (exact) mass is 182 g/mol. The lowest BCUT2D eigenvalue weighted by Gasteiger charge is -1.94. The number of nitrogens with zero attached hydrogens (tertiary/aromatic N) is 2. The first-order valence-electron chi connectivity index (χ1n) is 3.37. The maximum atomic E-state index is 10.5. The van der Waals surface area contributed by atoms with E-state index in [4.69, 9.17) is 10.2 Å². The van der Waals surface area contributed by atoms with Gasteiger partial charge in [-0.1, -0.05) is 0 Å². The standard InChI is InChI=1S/C7H6N2O4/c10-6(11)4-1-2-8-3-5(9-4)7(12)13/h2-3H,1H2,(H,10,11)(H,12,13). The number of hydrogen-bond donors (Lipinski definition) is 2. The molecule has 0 atom stereocenters. The maximum absolute atomic E-state index is 10.5. The summed E-state index contributed by atoms with van der Waals surface area (Å²) in [6, 6.07) is 0. The van der Waals surface area contributed by atoms with Crippen molar-refractivity contribution in [3.05, 3.63) is 11.9 Å². The fraction of sp³-hybridized carbons (Fsp3) is 0.143. The van der Waals surface area contributed by atoms with Gasteiger partial charge in [0.05, 0.1) is 6.20 Å². The van der Waals surface area contributed by atoms with E-state index in [-0.39, 0.29) is 17.8 Å². The Labute approximate surface area is 72.9 Å². The molecule has 2 N–H and O–H groups in total. The highest BCUT2D eigenvalue weighted by Crippen LogP contribution is 2.03. The van der Waals surface area contributed by atoms with Crippen LogP contribution in [0.15, 0.2) is 21.9 Å². The highest BCUT2D eigenvalue weighted by molar-refractivity contribution is 6.38. The van der Waals surface area contributed by atoms with Crippen molar-refractivity contribution in [2.75, 3.05) is 0 Å². The van der Waals surface area contributed by atoms with E-state index in [2.05, 4.69) is 9.98 Å². The second kappa shape index (κ2) is 3.61. The predicted octanol–water partition coefficient (Wildman–Crippen LogP) is -0.0875. The SMILES string of the molecule is O=C(O)C1=CN=CCC(C(=O)O)=N1. The molecular formula is C7H6N2O4. The van der Waals surface area contributed by atoms with Crippen molar-refractivity contribution >= 4 is 23.9 Å². The van der Waals surface area contributed by atoms with Gasteiger partial charge in [-0.2, -0.15) is 0 Å². The molecule has 0 aromatic rings. The molecule has 1 aliphatic rings. The second-order valence-electron chi connectivity index (χ2n) is 2.22. The summed E-state index contributed by atoms with van der Waals surface area (Å²) in [5.74, 6) is -2.53. The zero-order chi connectivity index (χ0) is 9.84. The first kappa shape index (κ1) is 9.11.